The van der Waals surface area contributed by atoms with Crippen molar-refractivity contribution in [1.29, 1.82) is 0 Å². The number of nitrogen functional groups attached to an aromatic ring is 1. The van der Waals surface area contributed by atoms with Crippen molar-refractivity contribution in [3.05, 3.63) is 68.5 Å². The van der Waals surface area contributed by atoms with Crippen LogP contribution in [0.25, 0.3) is 11.3 Å². The van der Waals surface area contributed by atoms with Gasteiger partial charge in [0, 0.05) is 24.7 Å². The van der Waals surface area contributed by atoms with Crippen LogP contribution in [0.1, 0.15) is 36.9 Å². The number of nitrogens with one attached hydrogen (secondary N) is 1. The fourth-order valence-electron chi connectivity index (χ4n) is 2.87. The first-order valence-electron chi connectivity index (χ1n) is 8.53. The zero-order valence-corrected chi connectivity index (χ0v) is 16.3. The molecule has 134 valence electrons. The third kappa shape index (κ3) is 3.63. The molecule has 3 rings (SSSR count). The number of carbonyl (C=O) groups is 1. The van der Waals surface area contributed by atoms with Crippen LogP contribution in [0.4, 0.5) is 5.69 Å². The minimum atomic E-state index is -0.102. The minimum absolute atomic E-state index is 0.102. The maximum Gasteiger partial charge on any atom is 0.263 e. The molecule has 0 unspecified atom stereocenters. The Morgan fingerprint density at radius 2 is 1.81 bits per heavy atom. The van der Waals surface area contributed by atoms with Crippen LogP contribution >= 0.6 is 11.3 Å². The van der Waals surface area contributed by atoms with Gasteiger partial charge in [-0.3, -0.25) is 4.79 Å². The Hall–Kier alpha value is -2.66. The van der Waals surface area contributed by atoms with Crippen LogP contribution in [0.5, 0.6) is 0 Å². The molecule has 0 aliphatic rings. The quantitative estimate of drug-likeness (QED) is 0.679. The summed E-state index contributed by atoms with van der Waals surface area (Å²) in [5, 5.41) is 3.65. The summed E-state index contributed by atoms with van der Waals surface area (Å²) in [4.78, 5) is 17.8. The molecule has 0 saturated heterocycles. The van der Waals surface area contributed by atoms with Gasteiger partial charge >= 0.3 is 0 Å². The van der Waals surface area contributed by atoms with E-state index < -0.39 is 0 Å². The van der Waals surface area contributed by atoms with Crippen molar-refractivity contribution in [2.24, 2.45) is 0 Å². The summed E-state index contributed by atoms with van der Waals surface area (Å²) in [6.07, 6.45) is 0.688. The lowest BCUT2D eigenvalue weighted by molar-refractivity contribution is 0.0967. The molecule has 1 heterocycles. The molecule has 0 saturated carbocycles. The zero-order chi connectivity index (χ0) is 18.8. The van der Waals surface area contributed by atoms with E-state index >= 15 is 0 Å². The molecule has 1 amide bonds. The van der Waals surface area contributed by atoms with Crippen LogP contribution < -0.4 is 11.1 Å². The number of rotatable bonds is 4. The number of thiazole rings is 1. The number of nitrogens with zero attached hydrogens (tertiary/aromatic N) is 1. The number of hydrogen-bond acceptors (Lipinski definition) is 4. The van der Waals surface area contributed by atoms with Gasteiger partial charge in [-0.05, 0) is 43.5 Å². The number of amides is 1. The highest BCUT2D eigenvalue weighted by atomic mass is 32.1. The molecule has 0 aliphatic carbocycles. The molecule has 0 fully saturated rings. The highest BCUT2D eigenvalue weighted by Gasteiger charge is 2.19. The number of benzene rings is 2. The summed E-state index contributed by atoms with van der Waals surface area (Å²) in [6, 6.07) is 12.2. The maximum atomic E-state index is 12.3. The molecule has 0 aliphatic heterocycles. The molecule has 0 bridgehead atoms. The van der Waals surface area contributed by atoms with Crippen molar-refractivity contribution in [3.8, 4) is 11.3 Å². The second-order valence-corrected chi connectivity index (χ2v) is 7.63. The predicted molar refractivity (Wildman–Crippen MR) is 109 cm³/mol. The Morgan fingerprint density at radius 1 is 1.12 bits per heavy atom. The number of nitrogens with two attached hydrogens (primary N) is 1. The summed E-state index contributed by atoms with van der Waals surface area (Å²) < 4.78 is 0. The first-order valence-corrected chi connectivity index (χ1v) is 9.35. The summed E-state index contributed by atoms with van der Waals surface area (Å²) in [7, 11) is 1.65. The van der Waals surface area contributed by atoms with E-state index in [0.717, 1.165) is 33.1 Å². The van der Waals surface area contributed by atoms with Crippen LogP contribution in [0, 0.1) is 20.8 Å². The number of carbonyl (C=O) groups excluding carboxylic acids is 1. The minimum Gasteiger partial charge on any atom is -0.399 e. The Balaban J connectivity index is 2.03. The van der Waals surface area contributed by atoms with Crippen molar-refractivity contribution >= 4 is 22.9 Å². The summed E-state index contributed by atoms with van der Waals surface area (Å²) in [5.41, 5.74) is 13.1. The largest absolute Gasteiger partial charge is 0.399 e. The Bertz CT molecular complexity index is 958. The Morgan fingerprint density at radius 3 is 2.46 bits per heavy atom. The molecule has 0 radical (unpaired) electrons. The normalized spacial score (nSPS) is 10.8. The predicted octanol–water partition coefficient (Wildman–Crippen LogP) is 4.27. The fourth-order valence-corrected chi connectivity index (χ4v) is 3.92. The van der Waals surface area contributed by atoms with Gasteiger partial charge in [-0.15, -0.1) is 11.3 Å². The zero-order valence-electron chi connectivity index (χ0n) is 15.5. The monoisotopic (exact) mass is 365 g/mol. The molecule has 4 nitrogen and oxygen atoms in total. The van der Waals surface area contributed by atoms with Gasteiger partial charge in [0.25, 0.3) is 5.91 Å². The molecule has 26 heavy (non-hydrogen) atoms. The van der Waals surface area contributed by atoms with Crippen LogP contribution in [-0.2, 0) is 6.42 Å². The molecule has 3 aromatic rings. The van der Waals surface area contributed by atoms with E-state index in [1.165, 1.54) is 22.5 Å². The van der Waals surface area contributed by atoms with Gasteiger partial charge < -0.3 is 11.1 Å². The summed E-state index contributed by atoms with van der Waals surface area (Å²) in [5.74, 6) is -0.102. The molecule has 5 heteroatoms. The number of aromatic nitrogens is 1. The SMILES string of the molecule is CNC(=O)c1sc(Cc2cc(C)c(N)cc2C)nc1-c1ccc(C)cc1. The maximum absolute atomic E-state index is 12.3. The molecule has 0 atom stereocenters. The lowest BCUT2D eigenvalue weighted by Crippen LogP contribution is -2.17. The molecule has 3 N–H and O–H groups in total. The van der Waals surface area contributed by atoms with E-state index in [9.17, 15) is 4.79 Å². The standard InChI is InChI=1S/C21H23N3OS/c1-12-5-7-15(8-6-12)19-20(21(25)23-4)26-18(24-19)11-16-9-14(3)17(22)10-13(16)2/h5-10H,11,22H2,1-4H3,(H,23,25). The van der Waals surface area contributed by atoms with Gasteiger partial charge in [-0.2, -0.15) is 0 Å². The average Bonchev–Trinajstić information content (AvgIpc) is 3.03. The van der Waals surface area contributed by atoms with Crippen LogP contribution in [-0.4, -0.2) is 17.9 Å². The van der Waals surface area contributed by atoms with Gasteiger partial charge in [0.1, 0.15) is 4.88 Å². The van der Waals surface area contributed by atoms with Crippen molar-refractivity contribution < 1.29 is 4.79 Å². The highest BCUT2D eigenvalue weighted by Crippen LogP contribution is 2.31. The topological polar surface area (TPSA) is 68.0 Å². The first kappa shape index (κ1) is 18.1. The van der Waals surface area contributed by atoms with Crippen LogP contribution in [0.15, 0.2) is 36.4 Å². The molecule has 1 aromatic heterocycles. The van der Waals surface area contributed by atoms with Gasteiger partial charge in [-0.1, -0.05) is 35.9 Å². The first-order chi connectivity index (χ1) is 12.4. The molecular formula is C21H23N3OS. The molecule has 0 spiro atoms. The smallest absolute Gasteiger partial charge is 0.263 e. The van der Waals surface area contributed by atoms with Crippen molar-refractivity contribution in [2.75, 3.05) is 12.8 Å². The van der Waals surface area contributed by atoms with Crippen molar-refractivity contribution in [1.82, 2.24) is 10.3 Å². The number of anilines is 1. The van der Waals surface area contributed by atoms with E-state index in [1.54, 1.807) is 7.05 Å². The van der Waals surface area contributed by atoms with Crippen molar-refractivity contribution in [3.63, 3.8) is 0 Å². The van der Waals surface area contributed by atoms with E-state index in [2.05, 4.69) is 18.3 Å². The number of hydrogen-bond donors (Lipinski definition) is 2. The van der Waals surface area contributed by atoms with E-state index in [4.69, 9.17) is 10.7 Å². The fraction of sp³-hybridized carbons (Fsp3) is 0.238. The second kappa shape index (κ2) is 7.30. The Labute approximate surface area is 158 Å². The lowest BCUT2D eigenvalue weighted by Gasteiger charge is -2.08. The number of aryl methyl sites for hydroxylation is 3. The second-order valence-electron chi connectivity index (χ2n) is 6.54. The van der Waals surface area contributed by atoms with Crippen LogP contribution in [0.2, 0.25) is 0 Å². The molecular weight excluding hydrogens is 342 g/mol. The average molecular weight is 366 g/mol. The van der Waals surface area contributed by atoms with E-state index in [-0.39, 0.29) is 5.91 Å². The third-order valence-corrected chi connectivity index (χ3v) is 5.55. The van der Waals surface area contributed by atoms with E-state index in [0.29, 0.717) is 11.3 Å². The third-order valence-electron chi connectivity index (χ3n) is 4.50. The van der Waals surface area contributed by atoms with E-state index in [1.807, 2.05) is 44.2 Å². The van der Waals surface area contributed by atoms with Gasteiger partial charge in [0.05, 0.1) is 10.7 Å². The van der Waals surface area contributed by atoms with Gasteiger partial charge in [0.15, 0.2) is 0 Å². The van der Waals surface area contributed by atoms with Crippen LogP contribution in [0.3, 0.4) is 0 Å². The lowest BCUT2D eigenvalue weighted by atomic mass is 10.0. The molecule has 2 aromatic carbocycles. The van der Waals surface area contributed by atoms with Crippen molar-refractivity contribution in [2.45, 2.75) is 27.2 Å². The summed E-state index contributed by atoms with van der Waals surface area (Å²) >= 11 is 1.45. The summed E-state index contributed by atoms with van der Waals surface area (Å²) in [6.45, 7) is 6.11. The van der Waals surface area contributed by atoms with Gasteiger partial charge in [0.2, 0.25) is 0 Å². The van der Waals surface area contributed by atoms with Gasteiger partial charge in [-0.25, -0.2) is 4.98 Å². The highest BCUT2D eigenvalue weighted by molar-refractivity contribution is 7.14. The Kier molecular flexibility index (Phi) is 5.09.